The molecule has 0 N–H and O–H groups in total. The number of rotatable bonds is 5. The molecule has 2 heterocycles. The molecular formula is C25H23ClN2O3. The highest BCUT2D eigenvalue weighted by Crippen LogP contribution is 2.51. The third-order valence-electron chi connectivity index (χ3n) is 5.67. The van der Waals surface area contributed by atoms with Gasteiger partial charge in [-0.25, -0.2) is 5.01 Å². The number of para-hydroxylation sites is 1. The number of hydrogen-bond donors (Lipinski definition) is 0. The topological polar surface area (TPSA) is 43.3 Å². The molecule has 3 aromatic carbocycles. The van der Waals surface area contributed by atoms with Crippen molar-refractivity contribution in [3.8, 4) is 17.2 Å². The van der Waals surface area contributed by atoms with E-state index in [1.54, 1.807) is 7.11 Å². The highest BCUT2D eigenvalue weighted by atomic mass is 35.5. The molecule has 0 saturated carbocycles. The van der Waals surface area contributed by atoms with Crippen LogP contribution < -0.4 is 14.2 Å². The second kappa shape index (κ2) is 8.16. The Balaban J connectivity index is 1.60. The predicted molar refractivity (Wildman–Crippen MR) is 121 cm³/mol. The van der Waals surface area contributed by atoms with Crippen molar-refractivity contribution in [2.45, 2.75) is 25.6 Å². The zero-order valence-corrected chi connectivity index (χ0v) is 18.2. The van der Waals surface area contributed by atoms with E-state index in [-0.39, 0.29) is 6.04 Å². The van der Waals surface area contributed by atoms with Gasteiger partial charge in [0.05, 0.1) is 25.5 Å². The number of benzene rings is 3. The second-order valence-electron chi connectivity index (χ2n) is 7.47. The Bertz CT molecular complexity index is 1130. The molecule has 5 rings (SSSR count). The smallest absolute Gasteiger partial charge is 0.215 e. The number of methoxy groups -OCH3 is 1. The summed E-state index contributed by atoms with van der Waals surface area (Å²) in [7, 11) is 1.67. The number of ether oxygens (including phenoxy) is 3. The Morgan fingerprint density at radius 3 is 2.55 bits per heavy atom. The van der Waals surface area contributed by atoms with Crippen molar-refractivity contribution in [1.29, 1.82) is 0 Å². The molecule has 2 atom stereocenters. The van der Waals surface area contributed by atoms with Gasteiger partial charge in [0, 0.05) is 22.6 Å². The van der Waals surface area contributed by atoms with Crippen molar-refractivity contribution in [2.24, 2.45) is 5.10 Å². The maximum atomic E-state index is 6.56. The SMILES string of the molecule is CCOc1cccc2c1O[C@@H](c1ccccc1Cl)N1N=C(c3ccc(OC)cc3)C[C@@H]21. The Labute approximate surface area is 186 Å². The zero-order chi connectivity index (χ0) is 21.4. The fourth-order valence-electron chi connectivity index (χ4n) is 4.19. The summed E-state index contributed by atoms with van der Waals surface area (Å²) in [5.74, 6) is 2.33. The molecule has 0 amide bonds. The Morgan fingerprint density at radius 1 is 1.03 bits per heavy atom. The minimum atomic E-state index is -0.441. The van der Waals surface area contributed by atoms with E-state index in [0.29, 0.717) is 11.6 Å². The van der Waals surface area contributed by atoms with Crippen LogP contribution in [0.2, 0.25) is 5.02 Å². The maximum absolute atomic E-state index is 6.56. The second-order valence-corrected chi connectivity index (χ2v) is 7.88. The van der Waals surface area contributed by atoms with Crippen molar-refractivity contribution in [3.63, 3.8) is 0 Å². The Hall–Kier alpha value is -3.18. The molecule has 0 saturated heterocycles. The molecule has 0 radical (unpaired) electrons. The molecule has 5 nitrogen and oxygen atoms in total. The van der Waals surface area contributed by atoms with Gasteiger partial charge < -0.3 is 14.2 Å². The molecule has 0 aromatic heterocycles. The van der Waals surface area contributed by atoms with E-state index in [2.05, 4.69) is 6.07 Å². The molecule has 2 aliphatic rings. The van der Waals surface area contributed by atoms with Crippen LogP contribution in [-0.4, -0.2) is 24.4 Å². The summed E-state index contributed by atoms with van der Waals surface area (Å²) in [4.78, 5) is 0. The van der Waals surface area contributed by atoms with Gasteiger partial charge in [-0.3, -0.25) is 0 Å². The molecule has 0 unspecified atom stereocenters. The summed E-state index contributed by atoms with van der Waals surface area (Å²) in [5.41, 5.74) is 4.02. The van der Waals surface area contributed by atoms with E-state index < -0.39 is 6.23 Å². The van der Waals surface area contributed by atoms with Gasteiger partial charge in [0.1, 0.15) is 5.75 Å². The third kappa shape index (κ3) is 3.49. The van der Waals surface area contributed by atoms with Gasteiger partial charge in [-0.1, -0.05) is 41.9 Å². The van der Waals surface area contributed by atoms with E-state index in [1.165, 1.54) is 0 Å². The fraction of sp³-hybridized carbons (Fsp3) is 0.240. The van der Waals surface area contributed by atoms with E-state index in [4.69, 9.17) is 30.9 Å². The van der Waals surface area contributed by atoms with Crippen molar-refractivity contribution in [2.75, 3.05) is 13.7 Å². The lowest BCUT2D eigenvalue weighted by Gasteiger charge is -2.39. The lowest BCUT2D eigenvalue weighted by atomic mass is 9.95. The van der Waals surface area contributed by atoms with Crippen LogP contribution in [0.3, 0.4) is 0 Å². The van der Waals surface area contributed by atoms with Crippen LogP contribution in [0, 0.1) is 0 Å². The normalized spacial score (nSPS) is 19.2. The molecule has 0 spiro atoms. The minimum Gasteiger partial charge on any atom is -0.497 e. The van der Waals surface area contributed by atoms with Gasteiger partial charge in [-0.15, -0.1) is 0 Å². The maximum Gasteiger partial charge on any atom is 0.215 e. The average Bonchev–Trinajstić information content (AvgIpc) is 3.25. The van der Waals surface area contributed by atoms with Gasteiger partial charge in [0.25, 0.3) is 0 Å². The Morgan fingerprint density at radius 2 is 1.81 bits per heavy atom. The van der Waals surface area contributed by atoms with E-state index in [9.17, 15) is 0 Å². The van der Waals surface area contributed by atoms with Gasteiger partial charge >= 0.3 is 0 Å². The lowest BCUT2D eigenvalue weighted by Crippen LogP contribution is -2.34. The molecule has 158 valence electrons. The first-order valence-corrected chi connectivity index (χ1v) is 10.7. The third-order valence-corrected chi connectivity index (χ3v) is 6.02. The Kier molecular flexibility index (Phi) is 5.20. The highest BCUT2D eigenvalue weighted by molar-refractivity contribution is 6.31. The minimum absolute atomic E-state index is 0.0301. The molecule has 3 aromatic rings. The van der Waals surface area contributed by atoms with E-state index in [0.717, 1.165) is 46.1 Å². The van der Waals surface area contributed by atoms with Crippen molar-refractivity contribution in [1.82, 2.24) is 5.01 Å². The van der Waals surface area contributed by atoms with Crippen LogP contribution in [0.5, 0.6) is 17.2 Å². The van der Waals surface area contributed by atoms with Crippen molar-refractivity contribution >= 4 is 17.3 Å². The monoisotopic (exact) mass is 434 g/mol. The van der Waals surface area contributed by atoms with Crippen LogP contribution in [0.1, 0.15) is 42.3 Å². The molecule has 31 heavy (non-hydrogen) atoms. The first kappa shape index (κ1) is 19.8. The number of hydrogen-bond acceptors (Lipinski definition) is 5. The van der Waals surface area contributed by atoms with Crippen molar-refractivity contribution < 1.29 is 14.2 Å². The number of nitrogens with zero attached hydrogens (tertiary/aromatic N) is 2. The summed E-state index contributed by atoms with van der Waals surface area (Å²) in [6.45, 7) is 2.54. The predicted octanol–water partition coefficient (Wildman–Crippen LogP) is 5.99. The molecule has 0 bridgehead atoms. The molecule has 2 aliphatic heterocycles. The van der Waals surface area contributed by atoms with Crippen LogP contribution in [-0.2, 0) is 0 Å². The van der Waals surface area contributed by atoms with Crippen LogP contribution >= 0.6 is 11.6 Å². The summed E-state index contributed by atoms with van der Waals surface area (Å²) in [6, 6.07) is 21.8. The first-order chi connectivity index (χ1) is 15.2. The quantitative estimate of drug-likeness (QED) is 0.494. The lowest BCUT2D eigenvalue weighted by molar-refractivity contribution is -0.0211. The summed E-state index contributed by atoms with van der Waals surface area (Å²) in [6.07, 6.45) is 0.322. The number of halogens is 1. The average molecular weight is 435 g/mol. The largest absolute Gasteiger partial charge is 0.497 e. The summed E-state index contributed by atoms with van der Waals surface area (Å²) < 4.78 is 17.7. The summed E-state index contributed by atoms with van der Waals surface area (Å²) in [5, 5.41) is 7.67. The molecule has 6 heteroatoms. The van der Waals surface area contributed by atoms with Crippen LogP contribution in [0.15, 0.2) is 71.8 Å². The number of hydrazone groups is 1. The van der Waals surface area contributed by atoms with Gasteiger partial charge in [-0.05, 0) is 48.9 Å². The molecule has 0 fully saturated rings. The fourth-order valence-corrected chi connectivity index (χ4v) is 4.42. The molecular weight excluding hydrogens is 412 g/mol. The van der Waals surface area contributed by atoms with Crippen molar-refractivity contribution in [3.05, 3.63) is 88.4 Å². The highest BCUT2D eigenvalue weighted by Gasteiger charge is 2.42. The summed E-state index contributed by atoms with van der Waals surface area (Å²) >= 11 is 6.56. The molecule has 0 aliphatic carbocycles. The number of fused-ring (bicyclic) bond motifs is 3. The van der Waals surface area contributed by atoms with E-state index >= 15 is 0 Å². The van der Waals surface area contributed by atoms with Crippen LogP contribution in [0.25, 0.3) is 0 Å². The van der Waals surface area contributed by atoms with E-state index in [1.807, 2.05) is 72.6 Å². The standard InChI is InChI=1S/C25H23ClN2O3/c1-3-30-23-10-6-8-19-22-15-21(16-11-13-17(29-2)14-12-16)27-28(22)25(31-24(19)23)18-7-4-5-9-20(18)26/h4-14,22,25H,3,15H2,1-2H3/t22-,25-/m0/s1. The van der Waals surface area contributed by atoms with Crippen LogP contribution in [0.4, 0.5) is 0 Å². The zero-order valence-electron chi connectivity index (χ0n) is 17.4. The first-order valence-electron chi connectivity index (χ1n) is 10.4. The van der Waals surface area contributed by atoms with Gasteiger partial charge in [0.2, 0.25) is 6.23 Å². The van der Waals surface area contributed by atoms with Gasteiger partial charge in [-0.2, -0.15) is 5.10 Å². The van der Waals surface area contributed by atoms with Gasteiger partial charge in [0.15, 0.2) is 11.5 Å².